The maximum absolute atomic E-state index is 12.1. The molecule has 2 aromatic rings. The summed E-state index contributed by atoms with van der Waals surface area (Å²) in [6.07, 6.45) is -1.68. The van der Waals surface area contributed by atoms with Crippen molar-refractivity contribution >= 4 is 11.9 Å². The molecule has 5 heteroatoms. The van der Waals surface area contributed by atoms with E-state index in [1.165, 1.54) is 23.8 Å². The van der Waals surface area contributed by atoms with Gasteiger partial charge in [0.05, 0.1) is 0 Å². The van der Waals surface area contributed by atoms with E-state index in [9.17, 15) is 18.0 Å². The predicted octanol–water partition coefficient (Wildman–Crippen LogP) is 5.78. The highest BCUT2D eigenvalue weighted by Crippen LogP contribution is 2.24. The SMILES string of the molecule is CC(C)(C)c1ccc(C=CC(=O)c2ccc(OC(F)(F)F)cc2)cc1. The summed E-state index contributed by atoms with van der Waals surface area (Å²) in [7, 11) is 0. The molecule has 2 nitrogen and oxygen atoms in total. The smallest absolute Gasteiger partial charge is 0.406 e. The summed E-state index contributed by atoms with van der Waals surface area (Å²) in [4.78, 5) is 12.1. The van der Waals surface area contributed by atoms with Gasteiger partial charge in [-0.25, -0.2) is 0 Å². The first-order chi connectivity index (χ1) is 11.5. The van der Waals surface area contributed by atoms with Crippen molar-refractivity contribution in [1.82, 2.24) is 0 Å². The number of carbonyl (C=O) groups is 1. The molecule has 0 radical (unpaired) electrons. The number of allylic oxidation sites excluding steroid dienone is 1. The summed E-state index contributed by atoms with van der Waals surface area (Å²) >= 11 is 0. The Kier molecular flexibility index (Phi) is 5.36. The molecule has 0 aliphatic heterocycles. The van der Waals surface area contributed by atoms with Crippen molar-refractivity contribution in [2.75, 3.05) is 0 Å². The highest BCUT2D eigenvalue weighted by molar-refractivity contribution is 6.06. The molecule has 2 rings (SSSR count). The molecule has 0 saturated heterocycles. The fraction of sp³-hybridized carbons (Fsp3) is 0.250. The van der Waals surface area contributed by atoms with Crippen molar-refractivity contribution in [3.8, 4) is 5.75 Å². The molecule has 0 fully saturated rings. The second-order valence-corrected chi connectivity index (χ2v) is 6.64. The Morgan fingerprint density at radius 2 is 1.48 bits per heavy atom. The van der Waals surface area contributed by atoms with Gasteiger partial charge in [-0.3, -0.25) is 4.79 Å². The molecule has 0 N–H and O–H groups in total. The Bertz CT molecular complexity index is 750. The predicted molar refractivity (Wildman–Crippen MR) is 91.6 cm³/mol. The molecule has 0 bridgehead atoms. The van der Waals surface area contributed by atoms with Gasteiger partial charge in [-0.2, -0.15) is 0 Å². The molecule has 2 aromatic carbocycles. The van der Waals surface area contributed by atoms with Crippen LogP contribution in [-0.4, -0.2) is 12.1 Å². The second kappa shape index (κ2) is 7.13. The average molecular weight is 348 g/mol. The molecular weight excluding hydrogens is 329 g/mol. The van der Waals surface area contributed by atoms with Gasteiger partial charge in [0, 0.05) is 5.56 Å². The van der Waals surface area contributed by atoms with E-state index < -0.39 is 6.36 Å². The monoisotopic (exact) mass is 348 g/mol. The Morgan fingerprint density at radius 1 is 0.920 bits per heavy atom. The molecule has 0 spiro atoms. The van der Waals surface area contributed by atoms with Crippen molar-refractivity contribution in [2.24, 2.45) is 0 Å². The van der Waals surface area contributed by atoms with Crippen LogP contribution >= 0.6 is 0 Å². The first-order valence-corrected chi connectivity index (χ1v) is 7.73. The van der Waals surface area contributed by atoms with Crippen LogP contribution in [0.3, 0.4) is 0 Å². The molecule has 0 amide bonds. The lowest BCUT2D eigenvalue weighted by molar-refractivity contribution is -0.274. The summed E-state index contributed by atoms with van der Waals surface area (Å²) in [6.45, 7) is 6.36. The van der Waals surface area contributed by atoms with Crippen LogP contribution in [0.5, 0.6) is 5.75 Å². The zero-order chi connectivity index (χ0) is 18.7. The maximum atomic E-state index is 12.1. The zero-order valence-electron chi connectivity index (χ0n) is 14.2. The van der Waals surface area contributed by atoms with E-state index in [2.05, 4.69) is 25.5 Å². The minimum atomic E-state index is -4.75. The Labute approximate surface area is 144 Å². The Morgan fingerprint density at radius 3 is 1.96 bits per heavy atom. The molecule has 132 valence electrons. The van der Waals surface area contributed by atoms with Crippen molar-refractivity contribution in [3.63, 3.8) is 0 Å². The minimum absolute atomic E-state index is 0.0539. The summed E-state index contributed by atoms with van der Waals surface area (Å²) < 4.78 is 40.1. The third-order valence-electron chi connectivity index (χ3n) is 3.58. The molecule has 0 aliphatic carbocycles. The van der Waals surface area contributed by atoms with E-state index in [0.29, 0.717) is 0 Å². The van der Waals surface area contributed by atoms with E-state index >= 15 is 0 Å². The zero-order valence-corrected chi connectivity index (χ0v) is 14.2. The number of alkyl halides is 3. The fourth-order valence-corrected chi connectivity index (χ4v) is 2.18. The molecule has 0 atom stereocenters. The van der Waals surface area contributed by atoms with Gasteiger partial charge < -0.3 is 4.74 Å². The molecule has 0 aliphatic rings. The topological polar surface area (TPSA) is 26.3 Å². The molecular formula is C20H19F3O2. The normalized spacial score (nSPS) is 12.4. The summed E-state index contributed by atoms with van der Waals surface area (Å²) in [5.74, 6) is -0.649. The number of rotatable bonds is 4. The number of benzene rings is 2. The standard InChI is InChI=1S/C20H19F3O2/c1-19(2,3)16-9-4-14(5-10-16)6-13-18(24)15-7-11-17(12-8-15)25-20(21,22)23/h4-13H,1-3H3. The van der Waals surface area contributed by atoms with E-state index in [-0.39, 0.29) is 22.5 Å². The summed E-state index contributed by atoms with van der Waals surface area (Å²) in [5, 5.41) is 0. The maximum Gasteiger partial charge on any atom is 0.573 e. The summed E-state index contributed by atoms with van der Waals surface area (Å²) in [6, 6.07) is 12.7. The van der Waals surface area contributed by atoms with Crippen molar-refractivity contribution in [2.45, 2.75) is 32.5 Å². The minimum Gasteiger partial charge on any atom is -0.406 e. The van der Waals surface area contributed by atoms with Gasteiger partial charge in [0.1, 0.15) is 5.75 Å². The number of carbonyl (C=O) groups excluding carboxylic acids is 1. The van der Waals surface area contributed by atoms with Gasteiger partial charge >= 0.3 is 6.36 Å². The Balaban J connectivity index is 2.05. The third-order valence-corrected chi connectivity index (χ3v) is 3.58. The van der Waals surface area contributed by atoms with Crippen LogP contribution in [0.2, 0.25) is 0 Å². The van der Waals surface area contributed by atoms with E-state index in [4.69, 9.17) is 0 Å². The Hall–Kier alpha value is -2.56. The van der Waals surface area contributed by atoms with E-state index in [1.54, 1.807) is 6.08 Å². The highest BCUT2D eigenvalue weighted by Gasteiger charge is 2.31. The lowest BCUT2D eigenvalue weighted by Gasteiger charge is -2.18. The van der Waals surface area contributed by atoms with Crippen LogP contribution in [0.4, 0.5) is 13.2 Å². The molecule has 0 unspecified atom stereocenters. The number of hydrogen-bond acceptors (Lipinski definition) is 2. The van der Waals surface area contributed by atoms with Crippen LogP contribution in [0.25, 0.3) is 6.08 Å². The van der Waals surface area contributed by atoms with Gasteiger partial charge in [0.15, 0.2) is 5.78 Å². The van der Waals surface area contributed by atoms with Gasteiger partial charge in [-0.05, 0) is 46.9 Å². The average Bonchev–Trinajstić information content (AvgIpc) is 2.51. The van der Waals surface area contributed by atoms with Gasteiger partial charge in [0.2, 0.25) is 0 Å². The van der Waals surface area contributed by atoms with Crippen molar-refractivity contribution < 1.29 is 22.7 Å². The highest BCUT2D eigenvalue weighted by atomic mass is 19.4. The largest absolute Gasteiger partial charge is 0.573 e. The number of hydrogen-bond donors (Lipinski definition) is 0. The van der Waals surface area contributed by atoms with E-state index in [0.717, 1.165) is 17.7 Å². The lowest BCUT2D eigenvalue weighted by atomic mass is 9.87. The lowest BCUT2D eigenvalue weighted by Crippen LogP contribution is -2.17. The van der Waals surface area contributed by atoms with Crippen LogP contribution in [0.1, 0.15) is 42.3 Å². The number of ether oxygens (including phenoxy) is 1. The van der Waals surface area contributed by atoms with Crippen molar-refractivity contribution in [3.05, 3.63) is 71.3 Å². The number of halogens is 3. The first-order valence-electron chi connectivity index (χ1n) is 7.73. The summed E-state index contributed by atoms with van der Waals surface area (Å²) in [5.41, 5.74) is 2.41. The van der Waals surface area contributed by atoms with Crippen LogP contribution < -0.4 is 4.74 Å². The fourth-order valence-electron chi connectivity index (χ4n) is 2.18. The van der Waals surface area contributed by atoms with Crippen LogP contribution in [0, 0.1) is 0 Å². The number of ketones is 1. The molecule has 0 heterocycles. The third kappa shape index (κ3) is 5.78. The first kappa shape index (κ1) is 18.8. The van der Waals surface area contributed by atoms with Crippen LogP contribution in [-0.2, 0) is 5.41 Å². The van der Waals surface area contributed by atoms with E-state index in [1.807, 2.05) is 24.3 Å². The van der Waals surface area contributed by atoms with Gasteiger partial charge in [-0.15, -0.1) is 13.2 Å². The molecule has 25 heavy (non-hydrogen) atoms. The van der Waals surface area contributed by atoms with Crippen LogP contribution in [0.15, 0.2) is 54.6 Å². The van der Waals surface area contributed by atoms with Gasteiger partial charge in [-0.1, -0.05) is 51.1 Å². The van der Waals surface area contributed by atoms with Gasteiger partial charge in [0.25, 0.3) is 0 Å². The second-order valence-electron chi connectivity index (χ2n) is 6.64. The quantitative estimate of drug-likeness (QED) is 0.517. The molecule has 0 saturated carbocycles. The van der Waals surface area contributed by atoms with Crippen molar-refractivity contribution in [1.29, 1.82) is 0 Å². The molecule has 0 aromatic heterocycles.